The first kappa shape index (κ1) is 14.4. The number of aryl methyl sites for hydroxylation is 2. The maximum atomic E-state index is 12.0. The van der Waals surface area contributed by atoms with E-state index < -0.39 is 5.97 Å². The van der Waals surface area contributed by atoms with Gasteiger partial charge in [0.15, 0.2) is 5.82 Å². The van der Waals surface area contributed by atoms with Crippen molar-refractivity contribution < 1.29 is 19.2 Å². The van der Waals surface area contributed by atoms with Gasteiger partial charge in [-0.05, 0) is 6.92 Å². The molecule has 2 heterocycles. The molecule has 0 spiro atoms. The molecular weight excluding hydrogens is 264 g/mol. The summed E-state index contributed by atoms with van der Waals surface area (Å²) in [5, 5.41) is 12.4. The van der Waals surface area contributed by atoms with Crippen LogP contribution in [0.15, 0.2) is 4.52 Å². The summed E-state index contributed by atoms with van der Waals surface area (Å²) in [6.07, 6.45) is 0.773. The van der Waals surface area contributed by atoms with Gasteiger partial charge in [-0.2, -0.15) is 4.98 Å². The first-order valence-electron chi connectivity index (χ1n) is 6.55. The average Bonchev–Trinajstić information content (AvgIpc) is 2.82. The minimum atomic E-state index is -0.837. The van der Waals surface area contributed by atoms with Gasteiger partial charge in [-0.25, -0.2) is 0 Å². The van der Waals surface area contributed by atoms with Crippen molar-refractivity contribution in [1.82, 2.24) is 19.9 Å². The van der Waals surface area contributed by atoms with Gasteiger partial charge in [-0.3, -0.25) is 14.5 Å². The molecule has 1 amide bonds. The normalized spacial score (nSPS) is 16.4. The van der Waals surface area contributed by atoms with E-state index in [-0.39, 0.29) is 12.5 Å². The van der Waals surface area contributed by atoms with E-state index in [0.717, 1.165) is 0 Å². The minimum Gasteiger partial charge on any atom is -0.480 e. The van der Waals surface area contributed by atoms with E-state index in [1.807, 2.05) is 4.90 Å². The number of carboxylic acid groups (broad SMARTS) is 1. The second kappa shape index (κ2) is 6.47. The van der Waals surface area contributed by atoms with Crippen LogP contribution in [0.1, 0.15) is 18.1 Å². The van der Waals surface area contributed by atoms with Crippen molar-refractivity contribution in [2.24, 2.45) is 0 Å². The molecule has 0 atom stereocenters. The standard InChI is InChI=1S/C12H18N4O4/c1-9-13-10(20-14-9)2-3-11(17)16-6-4-15(5-7-16)8-12(18)19/h2-8H2,1H3,(H,18,19). The van der Waals surface area contributed by atoms with Crippen molar-refractivity contribution in [2.45, 2.75) is 19.8 Å². The first-order chi connectivity index (χ1) is 9.54. The Balaban J connectivity index is 1.73. The van der Waals surface area contributed by atoms with Crippen LogP contribution in [0, 0.1) is 6.92 Å². The van der Waals surface area contributed by atoms with Crippen LogP contribution in [0.3, 0.4) is 0 Å². The molecule has 0 saturated carbocycles. The summed E-state index contributed by atoms with van der Waals surface area (Å²) in [5.74, 6) is 0.238. The monoisotopic (exact) mass is 282 g/mol. The Morgan fingerprint density at radius 1 is 1.30 bits per heavy atom. The van der Waals surface area contributed by atoms with Crippen LogP contribution in [0.25, 0.3) is 0 Å². The lowest BCUT2D eigenvalue weighted by atomic mass is 10.2. The van der Waals surface area contributed by atoms with Crippen molar-refractivity contribution in [1.29, 1.82) is 0 Å². The molecule has 1 fully saturated rings. The van der Waals surface area contributed by atoms with Gasteiger partial charge in [0.05, 0.1) is 6.54 Å². The number of nitrogens with zero attached hydrogens (tertiary/aromatic N) is 4. The molecule has 0 radical (unpaired) electrons. The zero-order valence-corrected chi connectivity index (χ0v) is 11.4. The van der Waals surface area contributed by atoms with Crippen LogP contribution >= 0.6 is 0 Å². The summed E-state index contributed by atoms with van der Waals surface area (Å²) in [6, 6.07) is 0. The van der Waals surface area contributed by atoms with Crippen LogP contribution in [0.2, 0.25) is 0 Å². The summed E-state index contributed by atoms with van der Waals surface area (Å²) >= 11 is 0. The molecule has 1 aromatic heterocycles. The molecule has 1 saturated heterocycles. The van der Waals surface area contributed by atoms with E-state index in [9.17, 15) is 9.59 Å². The topological polar surface area (TPSA) is 99.8 Å². The fraction of sp³-hybridized carbons (Fsp3) is 0.667. The number of rotatable bonds is 5. The lowest BCUT2D eigenvalue weighted by Gasteiger charge is -2.33. The zero-order valence-electron chi connectivity index (χ0n) is 11.4. The molecule has 0 aromatic carbocycles. The molecule has 0 unspecified atom stereocenters. The molecule has 0 bridgehead atoms. The molecule has 0 aliphatic carbocycles. The van der Waals surface area contributed by atoms with Crippen molar-refractivity contribution in [3.63, 3.8) is 0 Å². The number of aliphatic carboxylic acids is 1. The van der Waals surface area contributed by atoms with Gasteiger partial charge in [0.2, 0.25) is 11.8 Å². The number of amides is 1. The highest BCUT2D eigenvalue weighted by molar-refractivity contribution is 5.76. The third-order valence-corrected chi connectivity index (χ3v) is 3.21. The number of carbonyl (C=O) groups is 2. The summed E-state index contributed by atoms with van der Waals surface area (Å²) in [4.78, 5) is 30.2. The van der Waals surface area contributed by atoms with Crippen molar-refractivity contribution in [3.05, 3.63) is 11.7 Å². The van der Waals surface area contributed by atoms with Crippen molar-refractivity contribution in [3.8, 4) is 0 Å². The Labute approximate surface area is 116 Å². The number of aromatic nitrogens is 2. The van der Waals surface area contributed by atoms with Gasteiger partial charge in [-0.1, -0.05) is 5.16 Å². The predicted molar refractivity (Wildman–Crippen MR) is 68.0 cm³/mol. The van der Waals surface area contributed by atoms with Crippen LogP contribution in [0.4, 0.5) is 0 Å². The number of carboxylic acids is 1. The molecule has 2 rings (SSSR count). The number of piperazine rings is 1. The second-order valence-electron chi connectivity index (χ2n) is 4.79. The highest BCUT2D eigenvalue weighted by Crippen LogP contribution is 2.06. The lowest BCUT2D eigenvalue weighted by molar-refractivity contribution is -0.139. The van der Waals surface area contributed by atoms with E-state index in [1.54, 1.807) is 11.8 Å². The predicted octanol–water partition coefficient (Wildman–Crippen LogP) is -0.461. The Hall–Kier alpha value is -1.96. The number of carbonyl (C=O) groups excluding carboxylic acids is 1. The molecule has 8 nitrogen and oxygen atoms in total. The van der Waals surface area contributed by atoms with Crippen LogP contribution in [-0.2, 0) is 16.0 Å². The third kappa shape index (κ3) is 4.02. The molecule has 1 aromatic rings. The molecule has 1 aliphatic heterocycles. The number of hydrogen-bond donors (Lipinski definition) is 1. The average molecular weight is 282 g/mol. The maximum Gasteiger partial charge on any atom is 0.317 e. The summed E-state index contributed by atoms with van der Waals surface area (Å²) in [7, 11) is 0. The minimum absolute atomic E-state index is 0.0310. The summed E-state index contributed by atoms with van der Waals surface area (Å²) < 4.78 is 4.96. The highest BCUT2D eigenvalue weighted by atomic mass is 16.5. The third-order valence-electron chi connectivity index (χ3n) is 3.21. The quantitative estimate of drug-likeness (QED) is 0.780. The lowest BCUT2D eigenvalue weighted by Crippen LogP contribution is -2.49. The Morgan fingerprint density at radius 3 is 2.55 bits per heavy atom. The van der Waals surface area contributed by atoms with Gasteiger partial charge in [0, 0.05) is 39.0 Å². The number of hydrogen-bond acceptors (Lipinski definition) is 6. The molecular formula is C12H18N4O4. The van der Waals surface area contributed by atoms with E-state index in [4.69, 9.17) is 9.63 Å². The summed E-state index contributed by atoms with van der Waals surface area (Å²) in [6.45, 7) is 4.08. The maximum absolute atomic E-state index is 12.0. The van der Waals surface area contributed by atoms with Gasteiger partial charge in [0.25, 0.3) is 0 Å². The van der Waals surface area contributed by atoms with Crippen LogP contribution in [0.5, 0.6) is 0 Å². The molecule has 1 aliphatic rings. The zero-order chi connectivity index (χ0) is 14.5. The van der Waals surface area contributed by atoms with E-state index >= 15 is 0 Å². The molecule has 20 heavy (non-hydrogen) atoms. The van der Waals surface area contributed by atoms with Crippen LogP contribution in [-0.4, -0.2) is 69.6 Å². The van der Waals surface area contributed by atoms with Gasteiger partial charge in [0.1, 0.15) is 0 Å². The summed E-state index contributed by atoms with van der Waals surface area (Å²) in [5.41, 5.74) is 0. The van der Waals surface area contributed by atoms with Gasteiger partial charge < -0.3 is 14.5 Å². The van der Waals surface area contributed by atoms with Gasteiger partial charge in [-0.15, -0.1) is 0 Å². The smallest absolute Gasteiger partial charge is 0.317 e. The fourth-order valence-corrected chi connectivity index (χ4v) is 2.16. The Bertz CT molecular complexity index is 480. The van der Waals surface area contributed by atoms with E-state index in [0.29, 0.717) is 50.7 Å². The van der Waals surface area contributed by atoms with E-state index in [2.05, 4.69) is 10.1 Å². The highest BCUT2D eigenvalue weighted by Gasteiger charge is 2.22. The first-order valence-corrected chi connectivity index (χ1v) is 6.55. The Morgan fingerprint density at radius 2 is 2.00 bits per heavy atom. The van der Waals surface area contributed by atoms with Gasteiger partial charge >= 0.3 is 5.97 Å². The van der Waals surface area contributed by atoms with Crippen LogP contribution < -0.4 is 0 Å². The largest absolute Gasteiger partial charge is 0.480 e. The molecule has 8 heteroatoms. The van der Waals surface area contributed by atoms with E-state index in [1.165, 1.54) is 0 Å². The molecule has 110 valence electrons. The second-order valence-corrected chi connectivity index (χ2v) is 4.79. The van der Waals surface area contributed by atoms with Crippen molar-refractivity contribution >= 4 is 11.9 Å². The Kier molecular flexibility index (Phi) is 4.67. The SMILES string of the molecule is Cc1noc(CCC(=O)N2CCN(CC(=O)O)CC2)n1. The van der Waals surface area contributed by atoms with Crippen molar-refractivity contribution in [2.75, 3.05) is 32.7 Å². The molecule has 1 N–H and O–H groups in total. The fourth-order valence-electron chi connectivity index (χ4n) is 2.16.